The predicted molar refractivity (Wildman–Crippen MR) is 89.0 cm³/mol. The van der Waals surface area contributed by atoms with Crippen molar-refractivity contribution >= 4 is 17.3 Å². The maximum Gasteiger partial charge on any atom is 0.0721 e. The van der Waals surface area contributed by atoms with Gasteiger partial charge in [0.15, 0.2) is 0 Å². The zero-order chi connectivity index (χ0) is 15.1. The number of aromatic amines is 1. The van der Waals surface area contributed by atoms with E-state index in [0.717, 1.165) is 40.5 Å². The fourth-order valence-corrected chi connectivity index (χ4v) is 3.29. The molecule has 22 heavy (non-hydrogen) atoms. The van der Waals surface area contributed by atoms with Crippen LogP contribution in [-0.2, 0) is 6.54 Å². The Morgan fingerprint density at radius 1 is 1.23 bits per heavy atom. The Morgan fingerprint density at radius 3 is 2.82 bits per heavy atom. The highest BCUT2D eigenvalue weighted by Gasteiger charge is 2.24. The monoisotopic (exact) mass is 310 g/mol. The molecule has 1 aliphatic heterocycles. The Balaban J connectivity index is 1.94. The summed E-state index contributed by atoms with van der Waals surface area (Å²) in [6.07, 6.45) is 5.47. The van der Waals surface area contributed by atoms with E-state index >= 15 is 0 Å². The Labute approximate surface area is 133 Å². The molecule has 0 saturated carbocycles. The van der Waals surface area contributed by atoms with Gasteiger partial charge >= 0.3 is 0 Å². The number of fused-ring (bicyclic) bond motifs is 3. The van der Waals surface area contributed by atoms with Crippen molar-refractivity contribution in [2.24, 2.45) is 0 Å². The zero-order valence-electron chi connectivity index (χ0n) is 12.2. The number of hydrogen-bond donors (Lipinski definition) is 1. The predicted octanol–water partition coefficient (Wildman–Crippen LogP) is 4.13. The van der Waals surface area contributed by atoms with Crippen LogP contribution in [0, 0.1) is 0 Å². The average molecular weight is 311 g/mol. The fraction of sp³-hybridized carbons (Fsp3) is 0.176. The topological polar surface area (TPSA) is 44.8 Å². The van der Waals surface area contributed by atoms with Crippen molar-refractivity contribution in [3.8, 4) is 22.4 Å². The number of halogens is 1. The van der Waals surface area contributed by atoms with E-state index in [1.807, 2.05) is 24.4 Å². The van der Waals surface area contributed by atoms with E-state index in [-0.39, 0.29) is 0 Å². The first-order valence-electron chi connectivity index (χ1n) is 7.29. The Hall–Kier alpha value is -2.33. The zero-order valence-corrected chi connectivity index (χ0v) is 12.9. The van der Waals surface area contributed by atoms with E-state index in [9.17, 15) is 0 Å². The van der Waals surface area contributed by atoms with Crippen LogP contribution in [0.4, 0.5) is 5.69 Å². The van der Waals surface area contributed by atoms with Gasteiger partial charge in [-0.1, -0.05) is 11.6 Å². The molecule has 4 rings (SSSR count). The number of pyridine rings is 1. The maximum absolute atomic E-state index is 6.55. The number of rotatable bonds is 2. The summed E-state index contributed by atoms with van der Waals surface area (Å²) in [5.74, 6) is 0. The molecule has 0 saturated heterocycles. The average Bonchev–Trinajstić information content (AvgIpc) is 3.03. The minimum Gasteiger partial charge on any atom is -0.367 e. The minimum atomic E-state index is 0.739. The highest BCUT2D eigenvalue weighted by molar-refractivity contribution is 6.34. The van der Waals surface area contributed by atoms with Crippen molar-refractivity contribution in [3.63, 3.8) is 0 Å². The van der Waals surface area contributed by atoms with Crippen LogP contribution in [0.25, 0.3) is 22.4 Å². The summed E-state index contributed by atoms with van der Waals surface area (Å²) in [5, 5.41) is 8.02. The van der Waals surface area contributed by atoms with Gasteiger partial charge in [0.05, 0.1) is 11.9 Å². The van der Waals surface area contributed by atoms with Gasteiger partial charge in [0.2, 0.25) is 0 Å². The molecule has 110 valence electrons. The third-order valence-corrected chi connectivity index (χ3v) is 4.46. The molecule has 0 aliphatic carbocycles. The molecular formula is C17H15ClN4. The molecule has 2 aromatic heterocycles. The lowest BCUT2D eigenvalue weighted by Gasteiger charge is -2.30. The standard InChI is InChI=1S/C17H15ClN4/c1-2-22-10-12-9-20-21-17(12)14-7-15(18)13(8-16(14)22)11-3-5-19-6-4-11/h3-9H,2,10H2,1H3,(H,20,21). The van der Waals surface area contributed by atoms with Crippen LogP contribution >= 0.6 is 11.6 Å². The lowest BCUT2D eigenvalue weighted by atomic mass is 9.96. The van der Waals surface area contributed by atoms with Crippen LogP contribution < -0.4 is 4.90 Å². The molecule has 3 heterocycles. The summed E-state index contributed by atoms with van der Waals surface area (Å²) >= 11 is 6.55. The first-order valence-corrected chi connectivity index (χ1v) is 7.67. The van der Waals surface area contributed by atoms with Crippen molar-refractivity contribution in [1.29, 1.82) is 0 Å². The van der Waals surface area contributed by atoms with Gasteiger partial charge < -0.3 is 4.90 Å². The second kappa shape index (κ2) is 5.14. The van der Waals surface area contributed by atoms with Crippen LogP contribution in [-0.4, -0.2) is 21.7 Å². The Bertz CT molecular complexity index is 826. The summed E-state index contributed by atoms with van der Waals surface area (Å²) in [6.45, 7) is 3.97. The van der Waals surface area contributed by atoms with Crippen LogP contribution in [0.3, 0.4) is 0 Å². The Kier molecular flexibility index (Phi) is 3.12. The van der Waals surface area contributed by atoms with Crippen LogP contribution in [0.5, 0.6) is 0 Å². The van der Waals surface area contributed by atoms with Crippen LogP contribution in [0.2, 0.25) is 5.02 Å². The maximum atomic E-state index is 6.55. The molecular weight excluding hydrogens is 296 g/mol. The first-order chi connectivity index (χ1) is 10.8. The van der Waals surface area contributed by atoms with Crippen molar-refractivity contribution in [1.82, 2.24) is 15.2 Å². The third-order valence-electron chi connectivity index (χ3n) is 4.15. The van der Waals surface area contributed by atoms with Gasteiger partial charge in [0.1, 0.15) is 0 Å². The molecule has 0 amide bonds. The van der Waals surface area contributed by atoms with Gasteiger partial charge in [-0.15, -0.1) is 0 Å². The van der Waals surface area contributed by atoms with Crippen molar-refractivity contribution in [2.45, 2.75) is 13.5 Å². The molecule has 0 spiro atoms. The SMILES string of the molecule is CCN1Cc2cn[nH]c2-c2cc(Cl)c(-c3ccncc3)cc21. The van der Waals surface area contributed by atoms with Gasteiger partial charge in [0.25, 0.3) is 0 Å². The molecule has 0 fully saturated rings. The largest absolute Gasteiger partial charge is 0.367 e. The first kappa shape index (κ1) is 13.3. The molecule has 1 aromatic carbocycles. The molecule has 5 heteroatoms. The molecule has 0 radical (unpaired) electrons. The normalized spacial score (nSPS) is 12.9. The molecule has 0 bridgehead atoms. The summed E-state index contributed by atoms with van der Waals surface area (Å²) in [7, 11) is 0. The molecule has 1 aliphatic rings. The van der Waals surface area contributed by atoms with Gasteiger partial charge in [-0.05, 0) is 36.8 Å². The number of nitrogens with one attached hydrogen (secondary N) is 1. The highest BCUT2D eigenvalue weighted by atomic mass is 35.5. The number of hydrogen-bond acceptors (Lipinski definition) is 3. The van der Waals surface area contributed by atoms with Gasteiger partial charge in [0, 0.05) is 52.9 Å². The van der Waals surface area contributed by atoms with Crippen LogP contribution in [0.1, 0.15) is 12.5 Å². The summed E-state index contributed by atoms with van der Waals surface area (Å²) in [6, 6.07) is 8.16. The van der Waals surface area contributed by atoms with E-state index in [1.54, 1.807) is 12.4 Å². The number of anilines is 1. The van der Waals surface area contributed by atoms with E-state index in [0.29, 0.717) is 0 Å². The summed E-state index contributed by atoms with van der Waals surface area (Å²) < 4.78 is 0. The second-order valence-corrected chi connectivity index (χ2v) is 5.78. The van der Waals surface area contributed by atoms with Gasteiger partial charge in [-0.25, -0.2) is 0 Å². The molecule has 0 atom stereocenters. The fourth-order valence-electron chi connectivity index (χ4n) is 3.01. The Morgan fingerprint density at radius 2 is 2.05 bits per heavy atom. The van der Waals surface area contributed by atoms with E-state index in [2.05, 4.69) is 33.1 Å². The third kappa shape index (κ3) is 1.99. The number of nitrogens with zero attached hydrogens (tertiary/aromatic N) is 3. The van der Waals surface area contributed by atoms with Crippen molar-refractivity contribution in [2.75, 3.05) is 11.4 Å². The van der Waals surface area contributed by atoms with Crippen LogP contribution in [0.15, 0.2) is 42.9 Å². The lowest BCUT2D eigenvalue weighted by molar-refractivity contribution is 0.824. The minimum absolute atomic E-state index is 0.739. The number of benzene rings is 1. The second-order valence-electron chi connectivity index (χ2n) is 5.37. The summed E-state index contributed by atoms with van der Waals surface area (Å²) in [5.41, 5.74) is 6.70. The van der Waals surface area contributed by atoms with Crippen molar-refractivity contribution in [3.05, 3.63) is 53.4 Å². The van der Waals surface area contributed by atoms with E-state index < -0.39 is 0 Å². The van der Waals surface area contributed by atoms with E-state index in [4.69, 9.17) is 11.6 Å². The van der Waals surface area contributed by atoms with Crippen molar-refractivity contribution < 1.29 is 0 Å². The molecule has 0 unspecified atom stereocenters. The van der Waals surface area contributed by atoms with Gasteiger partial charge in [-0.2, -0.15) is 5.10 Å². The van der Waals surface area contributed by atoms with Gasteiger partial charge in [-0.3, -0.25) is 10.1 Å². The quantitative estimate of drug-likeness (QED) is 0.774. The number of H-pyrrole nitrogens is 1. The number of aromatic nitrogens is 3. The molecule has 3 aromatic rings. The smallest absolute Gasteiger partial charge is 0.0721 e. The highest BCUT2D eigenvalue weighted by Crippen LogP contribution is 2.43. The lowest BCUT2D eigenvalue weighted by Crippen LogP contribution is -2.25. The molecule has 1 N–H and O–H groups in total. The summed E-state index contributed by atoms with van der Waals surface area (Å²) in [4.78, 5) is 6.42. The molecule has 4 nitrogen and oxygen atoms in total. The van der Waals surface area contributed by atoms with E-state index in [1.165, 1.54) is 11.3 Å².